The summed E-state index contributed by atoms with van der Waals surface area (Å²) in [5.41, 5.74) is 0.913. The second kappa shape index (κ2) is 6.95. The summed E-state index contributed by atoms with van der Waals surface area (Å²) in [6.07, 6.45) is 0.692. The maximum atomic E-state index is 12.8. The lowest BCUT2D eigenvalue weighted by molar-refractivity contribution is -0.141. The highest BCUT2D eigenvalue weighted by molar-refractivity contribution is 5.71. The third kappa shape index (κ3) is 4.89. The second-order valence-corrected chi connectivity index (χ2v) is 3.36. The van der Waals surface area contributed by atoms with Crippen molar-refractivity contribution in [2.75, 3.05) is 19.7 Å². The molecule has 0 heterocycles. The number of hydrogen-bond acceptors (Lipinski definition) is 3. The predicted molar refractivity (Wildman–Crippen MR) is 59.6 cm³/mol. The highest BCUT2D eigenvalue weighted by atomic mass is 19.1. The Bertz CT molecular complexity index is 342. The van der Waals surface area contributed by atoms with E-state index in [4.69, 9.17) is 4.74 Å². The van der Waals surface area contributed by atoms with Crippen molar-refractivity contribution < 1.29 is 13.9 Å². The molecule has 0 radical (unpaired) electrons. The third-order valence-electron chi connectivity index (χ3n) is 2.05. The van der Waals surface area contributed by atoms with Crippen LogP contribution in [0.25, 0.3) is 0 Å². The maximum Gasteiger partial charge on any atom is 0.319 e. The molecule has 1 aromatic carbocycles. The first kappa shape index (κ1) is 12.6. The average molecular weight is 225 g/mol. The van der Waals surface area contributed by atoms with Gasteiger partial charge >= 0.3 is 5.97 Å². The molecule has 4 heteroatoms. The van der Waals surface area contributed by atoms with Gasteiger partial charge in [-0.25, -0.2) is 4.39 Å². The standard InChI is InChI=1S/C12H16FNO2/c1-2-16-12(15)9-14-7-6-10-4-3-5-11(13)8-10/h3-5,8,14H,2,6-7,9H2,1H3. The largest absolute Gasteiger partial charge is 0.465 e. The minimum atomic E-state index is -0.262. The van der Waals surface area contributed by atoms with E-state index in [0.717, 1.165) is 5.56 Å². The topological polar surface area (TPSA) is 38.3 Å². The van der Waals surface area contributed by atoms with E-state index in [1.54, 1.807) is 13.0 Å². The van der Waals surface area contributed by atoms with Crippen molar-refractivity contribution in [1.29, 1.82) is 0 Å². The molecule has 0 fully saturated rings. The first-order valence-corrected chi connectivity index (χ1v) is 5.33. The summed E-state index contributed by atoms with van der Waals surface area (Å²) in [5.74, 6) is -0.496. The van der Waals surface area contributed by atoms with Gasteiger partial charge in [0.25, 0.3) is 0 Å². The third-order valence-corrected chi connectivity index (χ3v) is 2.05. The SMILES string of the molecule is CCOC(=O)CNCCc1cccc(F)c1. The Morgan fingerprint density at radius 1 is 1.50 bits per heavy atom. The van der Waals surface area contributed by atoms with Crippen LogP contribution in [0.2, 0.25) is 0 Å². The zero-order valence-corrected chi connectivity index (χ0v) is 9.33. The van der Waals surface area contributed by atoms with Crippen LogP contribution in [0.5, 0.6) is 0 Å². The van der Waals surface area contributed by atoms with E-state index in [-0.39, 0.29) is 18.3 Å². The number of esters is 1. The van der Waals surface area contributed by atoms with Crippen LogP contribution < -0.4 is 5.32 Å². The predicted octanol–water partition coefficient (Wildman–Crippen LogP) is 1.52. The van der Waals surface area contributed by atoms with Crippen molar-refractivity contribution in [3.63, 3.8) is 0 Å². The molecule has 1 N–H and O–H groups in total. The van der Waals surface area contributed by atoms with Crippen LogP contribution in [0.1, 0.15) is 12.5 Å². The summed E-state index contributed by atoms with van der Waals surface area (Å²) < 4.78 is 17.6. The van der Waals surface area contributed by atoms with Crippen LogP contribution in [0.3, 0.4) is 0 Å². The monoisotopic (exact) mass is 225 g/mol. The Morgan fingerprint density at radius 3 is 3.00 bits per heavy atom. The van der Waals surface area contributed by atoms with Crippen molar-refractivity contribution in [1.82, 2.24) is 5.32 Å². The molecule has 3 nitrogen and oxygen atoms in total. The van der Waals surface area contributed by atoms with Gasteiger partial charge in [-0.05, 0) is 37.6 Å². The number of rotatable bonds is 6. The molecule has 1 aromatic rings. The minimum absolute atomic E-state index is 0.198. The molecule has 0 unspecified atom stereocenters. The minimum Gasteiger partial charge on any atom is -0.465 e. The highest BCUT2D eigenvalue weighted by Crippen LogP contribution is 2.03. The maximum absolute atomic E-state index is 12.8. The molecule has 0 aliphatic heterocycles. The zero-order valence-electron chi connectivity index (χ0n) is 9.33. The molecule has 0 aliphatic rings. The van der Waals surface area contributed by atoms with Crippen LogP contribution >= 0.6 is 0 Å². The Hall–Kier alpha value is -1.42. The van der Waals surface area contributed by atoms with E-state index in [9.17, 15) is 9.18 Å². The van der Waals surface area contributed by atoms with Crippen LogP contribution in [0, 0.1) is 5.82 Å². The van der Waals surface area contributed by atoms with E-state index < -0.39 is 0 Å². The van der Waals surface area contributed by atoms with E-state index in [2.05, 4.69) is 5.32 Å². The summed E-state index contributed by atoms with van der Waals surface area (Å²) in [4.78, 5) is 11.0. The lowest BCUT2D eigenvalue weighted by atomic mass is 10.1. The van der Waals surface area contributed by atoms with Gasteiger partial charge in [-0.1, -0.05) is 12.1 Å². The molecular formula is C12H16FNO2. The van der Waals surface area contributed by atoms with Gasteiger partial charge < -0.3 is 10.1 Å². The molecule has 16 heavy (non-hydrogen) atoms. The Labute approximate surface area is 94.6 Å². The van der Waals surface area contributed by atoms with Crippen LogP contribution in [0.4, 0.5) is 4.39 Å². The molecule has 0 spiro atoms. The van der Waals surface area contributed by atoms with E-state index in [1.165, 1.54) is 12.1 Å². The molecule has 1 rings (SSSR count). The van der Waals surface area contributed by atoms with Gasteiger partial charge in [-0.2, -0.15) is 0 Å². The quantitative estimate of drug-likeness (QED) is 0.589. The summed E-state index contributed by atoms with van der Waals surface area (Å²) >= 11 is 0. The zero-order chi connectivity index (χ0) is 11.8. The van der Waals surface area contributed by atoms with Crippen molar-refractivity contribution in [2.45, 2.75) is 13.3 Å². The van der Waals surface area contributed by atoms with Crippen LogP contribution in [-0.4, -0.2) is 25.7 Å². The number of halogens is 1. The first-order valence-electron chi connectivity index (χ1n) is 5.33. The first-order chi connectivity index (χ1) is 7.72. The fraction of sp³-hybridized carbons (Fsp3) is 0.417. The van der Waals surface area contributed by atoms with Gasteiger partial charge in [-0.15, -0.1) is 0 Å². The van der Waals surface area contributed by atoms with Gasteiger partial charge in [-0.3, -0.25) is 4.79 Å². The summed E-state index contributed by atoms with van der Waals surface area (Å²) in [6, 6.07) is 6.44. The van der Waals surface area contributed by atoms with Crippen LogP contribution in [-0.2, 0) is 16.0 Å². The van der Waals surface area contributed by atoms with Gasteiger partial charge in [0.15, 0.2) is 0 Å². The van der Waals surface area contributed by atoms with Gasteiger partial charge in [0.05, 0.1) is 13.2 Å². The van der Waals surface area contributed by atoms with Gasteiger partial charge in [0.1, 0.15) is 5.82 Å². The lowest BCUT2D eigenvalue weighted by Gasteiger charge is -2.04. The number of nitrogens with one attached hydrogen (secondary N) is 1. The molecular weight excluding hydrogens is 209 g/mol. The molecule has 0 saturated carbocycles. The molecule has 88 valence electrons. The van der Waals surface area contributed by atoms with Crippen molar-refractivity contribution in [3.8, 4) is 0 Å². The number of carbonyl (C=O) groups is 1. The second-order valence-electron chi connectivity index (χ2n) is 3.36. The van der Waals surface area contributed by atoms with Crippen LogP contribution in [0.15, 0.2) is 24.3 Å². The lowest BCUT2D eigenvalue weighted by Crippen LogP contribution is -2.26. The van der Waals surface area contributed by atoms with Crippen molar-refractivity contribution in [2.24, 2.45) is 0 Å². The Morgan fingerprint density at radius 2 is 2.31 bits per heavy atom. The smallest absolute Gasteiger partial charge is 0.319 e. The van der Waals surface area contributed by atoms with Gasteiger partial charge in [0.2, 0.25) is 0 Å². The molecule has 0 bridgehead atoms. The molecule has 0 saturated heterocycles. The van der Waals surface area contributed by atoms with E-state index in [1.807, 2.05) is 6.07 Å². The average Bonchev–Trinajstić information content (AvgIpc) is 2.25. The number of ether oxygens (including phenoxy) is 1. The van der Waals surface area contributed by atoms with E-state index >= 15 is 0 Å². The Balaban J connectivity index is 2.18. The molecule has 0 amide bonds. The molecule has 0 atom stereocenters. The fourth-order valence-corrected chi connectivity index (χ4v) is 1.33. The van der Waals surface area contributed by atoms with E-state index in [0.29, 0.717) is 19.6 Å². The highest BCUT2D eigenvalue weighted by Gasteiger charge is 2.00. The number of carbonyl (C=O) groups excluding carboxylic acids is 1. The Kier molecular flexibility index (Phi) is 5.50. The number of hydrogen-bond donors (Lipinski definition) is 1. The number of benzene rings is 1. The normalized spacial score (nSPS) is 10.1. The van der Waals surface area contributed by atoms with Crippen molar-refractivity contribution in [3.05, 3.63) is 35.6 Å². The fourth-order valence-electron chi connectivity index (χ4n) is 1.33. The molecule has 0 aromatic heterocycles. The van der Waals surface area contributed by atoms with Crippen molar-refractivity contribution >= 4 is 5.97 Å². The summed E-state index contributed by atoms with van der Waals surface area (Å²) in [5, 5.41) is 2.94. The molecule has 0 aliphatic carbocycles. The summed E-state index contributed by atoms with van der Waals surface area (Å²) in [6.45, 7) is 2.99. The van der Waals surface area contributed by atoms with Gasteiger partial charge in [0, 0.05) is 0 Å². The summed E-state index contributed by atoms with van der Waals surface area (Å²) in [7, 11) is 0.